The van der Waals surface area contributed by atoms with E-state index in [1.807, 2.05) is 0 Å². The van der Waals surface area contributed by atoms with Crippen molar-refractivity contribution in [3.05, 3.63) is 71.8 Å². The summed E-state index contributed by atoms with van der Waals surface area (Å²) in [5.41, 5.74) is 9.21. The molecule has 0 unspecified atom stereocenters. The van der Waals surface area contributed by atoms with Gasteiger partial charge in [0.1, 0.15) is 0 Å². The third-order valence-corrected chi connectivity index (χ3v) is 4.45. The van der Waals surface area contributed by atoms with Crippen LogP contribution in [0.25, 0.3) is 0 Å². The summed E-state index contributed by atoms with van der Waals surface area (Å²) >= 11 is 0. The Labute approximate surface area is 127 Å². The molecule has 0 spiro atoms. The lowest BCUT2D eigenvalue weighted by molar-refractivity contribution is 0.142. The maximum Gasteiger partial charge on any atom is 0.0541 e. The van der Waals surface area contributed by atoms with Gasteiger partial charge in [-0.25, -0.2) is 0 Å². The van der Waals surface area contributed by atoms with E-state index < -0.39 is 0 Å². The first-order valence-corrected chi connectivity index (χ1v) is 7.96. The second kappa shape index (κ2) is 6.88. The molecule has 0 amide bonds. The minimum absolute atomic E-state index is 0.0201. The third kappa shape index (κ3) is 3.34. The number of benzene rings is 2. The average molecular weight is 280 g/mol. The van der Waals surface area contributed by atoms with Crippen LogP contribution in [0.5, 0.6) is 0 Å². The normalized spacial score (nSPS) is 19.1. The van der Waals surface area contributed by atoms with E-state index in [0.717, 1.165) is 13.1 Å². The van der Waals surface area contributed by atoms with E-state index >= 15 is 0 Å². The van der Waals surface area contributed by atoms with Crippen LogP contribution in [0.2, 0.25) is 0 Å². The lowest BCUT2D eigenvalue weighted by Crippen LogP contribution is -2.39. The molecule has 2 N–H and O–H groups in total. The Kier molecular flexibility index (Phi) is 4.69. The topological polar surface area (TPSA) is 29.3 Å². The number of nitrogens with two attached hydrogens (primary N) is 1. The molecule has 110 valence electrons. The van der Waals surface area contributed by atoms with Gasteiger partial charge in [0, 0.05) is 6.04 Å². The van der Waals surface area contributed by atoms with Gasteiger partial charge in [-0.1, -0.05) is 67.1 Å². The summed E-state index contributed by atoms with van der Waals surface area (Å²) in [6, 6.07) is 21.5. The molecule has 1 heterocycles. The molecule has 3 rings (SSSR count). The molecule has 1 aliphatic heterocycles. The summed E-state index contributed by atoms with van der Waals surface area (Å²) in [6.07, 6.45) is 3.91. The predicted octanol–water partition coefficient (Wildman–Crippen LogP) is 3.91. The van der Waals surface area contributed by atoms with Gasteiger partial charge in [-0.2, -0.15) is 0 Å². The van der Waals surface area contributed by atoms with Crippen LogP contribution in [0, 0.1) is 0 Å². The molecule has 2 nitrogen and oxygen atoms in total. The van der Waals surface area contributed by atoms with E-state index in [9.17, 15) is 0 Å². The summed E-state index contributed by atoms with van der Waals surface area (Å²) in [5.74, 6) is 0. The van der Waals surface area contributed by atoms with Gasteiger partial charge < -0.3 is 5.73 Å². The van der Waals surface area contributed by atoms with E-state index in [4.69, 9.17) is 5.73 Å². The molecule has 0 aromatic heterocycles. The fourth-order valence-corrected chi connectivity index (χ4v) is 3.35. The molecule has 0 saturated carbocycles. The summed E-state index contributed by atoms with van der Waals surface area (Å²) in [7, 11) is 0. The lowest BCUT2D eigenvalue weighted by atomic mass is 9.91. The van der Waals surface area contributed by atoms with Gasteiger partial charge >= 0.3 is 0 Å². The van der Waals surface area contributed by atoms with Crippen molar-refractivity contribution in [3.63, 3.8) is 0 Å². The molecular formula is C19H24N2. The van der Waals surface area contributed by atoms with Gasteiger partial charge in [0.25, 0.3) is 0 Å². The van der Waals surface area contributed by atoms with Crippen LogP contribution >= 0.6 is 0 Å². The van der Waals surface area contributed by atoms with E-state index in [2.05, 4.69) is 65.6 Å². The Morgan fingerprint density at radius 1 is 0.714 bits per heavy atom. The van der Waals surface area contributed by atoms with Crippen molar-refractivity contribution in [1.29, 1.82) is 0 Å². The van der Waals surface area contributed by atoms with Crippen LogP contribution in [0.3, 0.4) is 0 Å². The van der Waals surface area contributed by atoms with E-state index in [1.54, 1.807) is 0 Å². The zero-order chi connectivity index (χ0) is 14.5. The standard InChI is InChI=1S/C19H24N2/c20-18(16-10-4-1-5-11-16)19(17-12-6-2-7-13-17)21-14-8-3-9-15-21/h1-2,4-7,10-13,18-19H,3,8-9,14-15,20H2/t18-,19-/m0/s1. The van der Waals surface area contributed by atoms with Crippen molar-refractivity contribution < 1.29 is 0 Å². The average Bonchev–Trinajstić information content (AvgIpc) is 2.58. The first-order valence-electron chi connectivity index (χ1n) is 7.96. The predicted molar refractivity (Wildman–Crippen MR) is 88.0 cm³/mol. The molecule has 0 radical (unpaired) electrons. The number of rotatable bonds is 4. The zero-order valence-electron chi connectivity index (χ0n) is 12.5. The van der Waals surface area contributed by atoms with Crippen molar-refractivity contribution >= 4 is 0 Å². The molecule has 1 aliphatic rings. The minimum atomic E-state index is 0.0201. The van der Waals surface area contributed by atoms with Gasteiger partial charge in [-0.3, -0.25) is 4.90 Å². The van der Waals surface area contributed by atoms with E-state index in [-0.39, 0.29) is 12.1 Å². The molecule has 1 fully saturated rings. The molecule has 2 atom stereocenters. The first kappa shape index (κ1) is 14.3. The number of nitrogens with zero attached hydrogens (tertiary/aromatic N) is 1. The molecule has 0 aliphatic carbocycles. The van der Waals surface area contributed by atoms with Gasteiger partial charge in [0.15, 0.2) is 0 Å². The van der Waals surface area contributed by atoms with E-state index in [0.29, 0.717) is 0 Å². The smallest absolute Gasteiger partial charge is 0.0541 e. The lowest BCUT2D eigenvalue weighted by Gasteiger charge is -2.38. The Balaban J connectivity index is 1.92. The first-order chi connectivity index (χ1) is 10.4. The van der Waals surface area contributed by atoms with Gasteiger partial charge in [-0.15, -0.1) is 0 Å². The van der Waals surface area contributed by atoms with Crippen LogP contribution in [-0.2, 0) is 0 Å². The number of hydrogen-bond donors (Lipinski definition) is 1. The van der Waals surface area contributed by atoms with Crippen molar-refractivity contribution in [2.24, 2.45) is 5.73 Å². The third-order valence-electron chi connectivity index (χ3n) is 4.45. The summed E-state index contributed by atoms with van der Waals surface area (Å²) in [5, 5.41) is 0. The minimum Gasteiger partial charge on any atom is -0.322 e. The Morgan fingerprint density at radius 2 is 1.24 bits per heavy atom. The Hall–Kier alpha value is -1.64. The summed E-state index contributed by atoms with van der Waals surface area (Å²) in [4.78, 5) is 2.57. The Bertz CT molecular complexity index is 532. The van der Waals surface area contributed by atoms with Crippen LogP contribution < -0.4 is 5.73 Å². The maximum atomic E-state index is 6.66. The second-order valence-corrected chi connectivity index (χ2v) is 5.89. The quantitative estimate of drug-likeness (QED) is 0.920. The largest absolute Gasteiger partial charge is 0.322 e. The highest BCUT2D eigenvalue weighted by atomic mass is 15.2. The van der Waals surface area contributed by atoms with Gasteiger partial charge in [0.2, 0.25) is 0 Å². The van der Waals surface area contributed by atoms with Crippen LogP contribution in [0.4, 0.5) is 0 Å². The van der Waals surface area contributed by atoms with Gasteiger partial charge in [-0.05, 0) is 37.1 Å². The second-order valence-electron chi connectivity index (χ2n) is 5.89. The molecule has 21 heavy (non-hydrogen) atoms. The van der Waals surface area contributed by atoms with Crippen molar-refractivity contribution in [2.75, 3.05) is 13.1 Å². The molecule has 2 aromatic carbocycles. The van der Waals surface area contributed by atoms with Crippen molar-refractivity contribution in [3.8, 4) is 0 Å². The van der Waals surface area contributed by atoms with E-state index in [1.165, 1.54) is 30.4 Å². The molecule has 1 saturated heterocycles. The Morgan fingerprint density at radius 3 is 1.81 bits per heavy atom. The molecule has 2 heteroatoms. The van der Waals surface area contributed by atoms with Gasteiger partial charge in [0.05, 0.1) is 6.04 Å². The fourth-order valence-electron chi connectivity index (χ4n) is 3.35. The number of likely N-dealkylation sites (tertiary alicyclic amines) is 1. The maximum absolute atomic E-state index is 6.66. The number of piperidine rings is 1. The highest BCUT2D eigenvalue weighted by molar-refractivity contribution is 5.27. The number of hydrogen-bond acceptors (Lipinski definition) is 2. The summed E-state index contributed by atoms with van der Waals surface area (Å²) < 4.78 is 0. The molecule has 0 bridgehead atoms. The molecular weight excluding hydrogens is 256 g/mol. The van der Waals surface area contributed by atoms with Crippen LogP contribution in [0.15, 0.2) is 60.7 Å². The van der Waals surface area contributed by atoms with Crippen molar-refractivity contribution in [2.45, 2.75) is 31.3 Å². The summed E-state index contributed by atoms with van der Waals surface area (Å²) in [6.45, 7) is 2.31. The monoisotopic (exact) mass is 280 g/mol. The molecule has 2 aromatic rings. The fraction of sp³-hybridized carbons (Fsp3) is 0.368. The van der Waals surface area contributed by atoms with Crippen molar-refractivity contribution in [1.82, 2.24) is 4.90 Å². The van der Waals surface area contributed by atoms with Crippen LogP contribution in [0.1, 0.15) is 42.5 Å². The van der Waals surface area contributed by atoms with Crippen LogP contribution in [-0.4, -0.2) is 18.0 Å². The highest BCUT2D eigenvalue weighted by Gasteiger charge is 2.28. The SMILES string of the molecule is N[C@@H](c1ccccc1)[C@H](c1ccccc1)N1CCCCC1. The zero-order valence-corrected chi connectivity index (χ0v) is 12.5. The highest BCUT2D eigenvalue weighted by Crippen LogP contribution is 2.34.